The number of nitrogens with zero attached hydrogens (tertiary/aromatic N) is 2. The van der Waals surface area contributed by atoms with E-state index in [4.69, 9.17) is 21.1 Å². The molecule has 4 rings (SSSR count). The lowest BCUT2D eigenvalue weighted by Crippen LogP contribution is -2.53. The molecule has 264 valence electrons. The fourth-order valence-electron chi connectivity index (χ4n) is 5.31. The highest BCUT2D eigenvalue weighted by atomic mass is 35.5. The number of halogens is 1. The van der Waals surface area contributed by atoms with Crippen LogP contribution < -0.4 is 20.3 Å². The van der Waals surface area contributed by atoms with E-state index in [0.29, 0.717) is 17.9 Å². The molecule has 0 radical (unpaired) electrons. The minimum absolute atomic E-state index is 0.0164. The maximum atomic E-state index is 13.9. The minimum atomic E-state index is -4.08. The number of anilines is 1. The molecule has 1 saturated heterocycles. The molecule has 1 aliphatic heterocycles. The van der Waals surface area contributed by atoms with E-state index in [1.54, 1.807) is 37.3 Å². The summed E-state index contributed by atoms with van der Waals surface area (Å²) < 4.78 is 39.7. The van der Waals surface area contributed by atoms with Crippen LogP contribution >= 0.6 is 11.6 Å². The number of benzene rings is 3. The Kier molecular flexibility index (Phi) is 13.0. The van der Waals surface area contributed by atoms with Crippen LogP contribution in [0, 0.1) is 5.92 Å². The molecular formula is C35H43ClN4O8S. The molecule has 0 spiro atoms. The Morgan fingerprint density at radius 1 is 1.04 bits per heavy atom. The molecule has 1 aliphatic rings. The van der Waals surface area contributed by atoms with Crippen molar-refractivity contribution in [3.63, 3.8) is 0 Å². The van der Waals surface area contributed by atoms with Gasteiger partial charge in [-0.1, -0.05) is 74.3 Å². The molecular weight excluding hydrogens is 672 g/mol. The molecule has 0 aliphatic carbocycles. The highest BCUT2D eigenvalue weighted by molar-refractivity contribution is 7.89. The standard InChI is InChI=1S/C35H43ClN4O8S/c1-5-23(2)20-39(49(45,46)29-16-10-15-28(19-29)47-4)21-31(41)30(17-25-11-7-6-8-12-25)38-34(43)32-22-40(35(44)48-32)27-14-9-13-26(18-27)33(42)37-24(3)36/h6-16,18-19,23-24,30-32,41H,5,17,20-22H2,1-4H3,(H,37,42)(H,38,43)/t23-,24?,30?,31-,32?/m1/s1. The predicted molar refractivity (Wildman–Crippen MR) is 186 cm³/mol. The largest absolute Gasteiger partial charge is 0.497 e. The second kappa shape index (κ2) is 17.0. The van der Waals surface area contributed by atoms with Crippen LogP contribution in [-0.2, 0) is 26.0 Å². The zero-order chi connectivity index (χ0) is 35.7. The summed E-state index contributed by atoms with van der Waals surface area (Å²) >= 11 is 5.88. The Bertz CT molecular complexity index is 1710. The molecule has 12 nitrogen and oxygen atoms in total. The van der Waals surface area contributed by atoms with Gasteiger partial charge in [0.05, 0.1) is 30.7 Å². The molecule has 14 heteroatoms. The van der Waals surface area contributed by atoms with Crippen molar-refractivity contribution in [2.24, 2.45) is 5.92 Å². The third-order valence-corrected chi connectivity index (χ3v) is 10.2. The van der Waals surface area contributed by atoms with Gasteiger partial charge in [0.15, 0.2) is 6.10 Å². The first kappa shape index (κ1) is 37.6. The van der Waals surface area contributed by atoms with E-state index in [-0.39, 0.29) is 42.4 Å². The Morgan fingerprint density at radius 3 is 2.43 bits per heavy atom. The van der Waals surface area contributed by atoms with Gasteiger partial charge in [0.1, 0.15) is 11.3 Å². The van der Waals surface area contributed by atoms with E-state index in [1.807, 2.05) is 44.2 Å². The molecule has 0 saturated carbocycles. The summed E-state index contributed by atoms with van der Waals surface area (Å²) in [4.78, 5) is 40.2. The lowest BCUT2D eigenvalue weighted by Gasteiger charge is -2.31. The van der Waals surface area contributed by atoms with Crippen molar-refractivity contribution in [1.29, 1.82) is 0 Å². The summed E-state index contributed by atoms with van der Waals surface area (Å²) in [6.07, 6.45) is -2.50. The summed E-state index contributed by atoms with van der Waals surface area (Å²) in [5.74, 6) is -0.745. The smallest absolute Gasteiger partial charge is 0.415 e. The number of carbonyl (C=O) groups is 3. The monoisotopic (exact) mass is 714 g/mol. The highest BCUT2D eigenvalue weighted by Gasteiger charge is 2.39. The summed E-state index contributed by atoms with van der Waals surface area (Å²) in [6.45, 7) is 5.15. The molecule has 3 aromatic carbocycles. The van der Waals surface area contributed by atoms with Crippen molar-refractivity contribution in [3.8, 4) is 5.75 Å². The average molecular weight is 715 g/mol. The van der Waals surface area contributed by atoms with Gasteiger partial charge in [-0.05, 0) is 55.2 Å². The number of hydrogen-bond donors (Lipinski definition) is 3. The van der Waals surface area contributed by atoms with Crippen LogP contribution in [0.1, 0.15) is 43.1 Å². The van der Waals surface area contributed by atoms with Crippen molar-refractivity contribution in [3.05, 3.63) is 90.0 Å². The lowest BCUT2D eigenvalue weighted by atomic mass is 10.0. The molecule has 49 heavy (non-hydrogen) atoms. The van der Waals surface area contributed by atoms with Gasteiger partial charge >= 0.3 is 6.09 Å². The zero-order valence-electron chi connectivity index (χ0n) is 27.9. The number of rotatable bonds is 16. The molecule has 0 bridgehead atoms. The number of hydrogen-bond acceptors (Lipinski definition) is 8. The van der Waals surface area contributed by atoms with Gasteiger partial charge in [-0.15, -0.1) is 0 Å². The first-order chi connectivity index (χ1) is 23.3. The van der Waals surface area contributed by atoms with E-state index in [1.165, 1.54) is 34.5 Å². The van der Waals surface area contributed by atoms with Crippen LogP contribution in [0.3, 0.4) is 0 Å². The van der Waals surface area contributed by atoms with E-state index in [0.717, 1.165) is 5.56 Å². The van der Waals surface area contributed by atoms with Gasteiger partial charge in [-0.2, -0.15) is 4.31 Å². The summed E-state index contributed by atoms with van der Waals surface area (Å²) in [5.41, 5.74) is 0.800. The maximum Gasteiger partial charge on any atom is 0.415 e. The average Bonchev–Trinajstić information content (AvgIpc) is 3.49. The van der Waals surface area contributed by atoms with Crippen molar-refractivity contribution < 1.29 is 37.4 Å². The quantitative estimate of drug-likeness (QED) is 0.148. The van der Waals surface area contributed by atoms with Crippen LogP contribution in [-0.4, -0.2) is 86.2 Å². The van der Waals surface area contributed by atoms with Gasteiger partial charge < -0.3 is 25.2 Å². The lowest BCUT2D eigenvalue weighted by molar-refractivity contribution is -0.129. The number of carbonyl (C=O) groups excluding carboxylic acids is 3. The second-order valence-corrected chi connectivity index (χ2v) is 14.6. The molecule has 1 fully saturated rings. The number of aliphatic hydroxyl groups is 1. The van der Waals surface area contributed by atoms with Gasteiger partial charge in [0.25, 0.3) is 11.8 Å². The second-order valence-electron chi connectivity index (χ2n) is 12.0. The third kappa shape index (κ3) is 9.94. The molecule has 3 unspecified atom stereocenters. The van der Waals surface area contributed by atoms with Crippen LogP contribution in [0.15, 0.2) is 83.8 Å². The number of aliphatic hydroxyl groups excluding tert-OH is 1. The molecule has 3 N–H and O–H groups in total. The van der Waals surface area contributed by atoms with Gasteiger partial charge in [0, 0.05) is 30.4 Å². The van der Waals surface area contributed by atoms with E-state index in [9.17, 15) is 27.9 Å². The molecule has 0 aromatic heterocycles. The Balaban J connectivity index is 1.56. The third-order valence-electron chi connectivity index (χ3n) is 8.23. The number of ether oxygens (including phenoxy) is 2. The van der Waals surface area contributed by atoms with Crippen LogP contribution in [0.25, 0.3) is 0 Å². The summed E-state index contributed by atoms with van der Waals surface area (Å²) in [6, 6.07) is 20.6. The van der Waals surface area contributed by atoms with Crippen LogP contribution in [0.5, 0.6) is 5.75 Å². The van der Waals surface area contributed by atoms with E-state index in [2.05, 4.69) is 10.6 Å². The molecule has 1 heterocycles. The number of methoxy groups -OCH3 is 1. The van der Waals surface area contributed by atoms with Gasteiger partial charge in [-0.3, -0.25) is 14.5 Å². The zero-order valence-corrected chi connectivity index (χ0v) is 29.5. The fraction of sp³-hybridized carbons (Fsp3) is 0.400. The number of amides is 3. The van der Waals surface area contributed by atoms with Crippen LogP contribution in [0.2, 0.25) is 0 Å². The Hall–Kier alpha value is -4.17. The maximum absolute atomic E-state index is 13.9. The van der Waals surface area contributed by atoms with Crippen LogP contribution in [0.4, 0.5) is 10.5 Å². The number of sulfonamides is 1. The Morgan fingerprint density at radius 2 is 1.76 bits per heavy atom. The SMILES string of the molecule is CC[C@@H](C)CN(C[C@@H](O)C(Cc1ccccc1)NC(=O)C1CN(c2cccc(C(=O)NC(C)Cl)c2)C(=O)O1)S(=O)(=O)c1cccc(OC)c1. The summed E-state index contributed by atoms with van der Waals surface area (Å²) in [5, 5.41) is 17.0. The molecule has 5 atom stereocenters. The predicted octanol–water partition coefficient (Wildman–Crippen LogP) is 4.16. The number of alkyl halides is 1. The topological polar surface area (TPSA) is 155 Å². The van der Waals surface area contributed by atoms with E-state index >= 15 is 0 Å². The number of nitrogens with one attached hydrogen (secondary N) is 2. The first-order valence-electron chi connectivity index (χ1n) is 16.0. The Labute approximate surface area is 292 Å². The summed E-state index contributed by atoms with van der Waals surface area (Å²) in [7, 11) is -2.63. The normalized spacial score (nSPS) is 17.2. The van der Waals surface area contributed by atoms with Crippen molar-refractivity contribution in [1.82, 2.24) is 14.9 Å². The minimum Gasteiger partial charge on any atom is -0.497 e. The number of cyclic esters (lactones) is 1. The highest BCUT2D eigenvalue weighted by Crippen LogP contribution is 2.25. The van der Waals surface area contributed by atoms with E-state index < -0.39 is 51.7 Å². The van der Waals surface area contributed by atoms with Crippen molar-refractivity contribution in [2.45, 2.75) is 62.3 Å². The van der Waals surface area contributed by atoms with Crippen molar-refractivity contribution >= 4 is 45.2 Å². The van der Waals surface area contributed by atoms with Gasteiger partial charge in [0.2, 0.25) is 10.0 Å². The van der Waals surface area contributed by atoms with Gasteiger partial charge in [-0.25, -0.2) is 13.2 Å². The molecule has 3 amide bonds. The van der Waals surface area contributed by atoms with Crippen molar-refractivity contribution in [2.75, 3.05) is 31.6 Å². The molecule has 3 aromatic rings. The fourth-order valence-corrected chi connectivity index (χ4v) is 7.02. The first-order valence-corrected chi connectivity index (χ1v) is 17.9.